The van der Waals surface area contributed by atoms with E-state index in [-0.39, 0.29) is 24.5 Å². The summed E-state index contributed by atoms with van der Waals surface area (Å²) < 4.78 is 5.77. The standard InChI is InChI=1S/C19H19BrClN3O4/c1-2-28-16-10-12(9-13(20)19(16)27)11-22-24-18(26)8-7-17(25)23-15-6-4-3-5-14(15)21/h3-6,9-11,27H,2,7-8H2,1H3,(H,23,25)(H,24,26)/b22-11+. The summed E-state index contributed by atoms with van der Waals surface area (Å²) in [5, 5.41) is 16.8. The van der Waals surface area contributed by atoms with Crippen LogP contribution < -0.4 is 15.5 Å². The van der Waals surface area contributed by atoms with Crippen molar-refractivity contribution in [3.8, 4) is 11.5 Å². The molecule has 3 N–H and O–H groups in total. The van der Waals surface area contributed by atoms with Gasteiger partial charge in [0.1, 0.15) is 0 Å². The van der Waals surface area contributed by atoms with E-state index >= 15 is 0 Å². The van der Waals surface area contributed by atoms with Gasteiger partial charge in [-0.05, 0) is 52.7 Å². The van der Waals surface area contributed by atoms with Crippen LogP contribution in [-0.4, -0.2) is 29.7 Å². The molecule has 2 aromatic carbocycles. The average Bonchev–Trinajstić information content (AvgIpc) is 2.66. The number of carbonyl (C=O) groups is 2. The van der Waals surface area contributed by atoms with Gasteiger partial charge >= 0.3 is 0 Å². The molecule has 0 aliphatic carbocycles. The molecule has 7 nitrogen and oxygen atoms in total. The van der Waals surface area contributed by atoms with Crippen molar-refractivity contribution in [2.24, 2.45) is 5.10 Å². The molecule has 0 saturated carbocycles. The number of hydrazone groups is 1. The predicted octanol–water partition coefficient (Wildman–Crippen LogP) is 4.08. The quantitative estimate of drug-likeness (QED) is 0.401. The largest absolute Gasteiger partial charge is 0.503 e. The molecule has 0 atom stereocenters. The van der Waals surface area contributed by atoms with Gasteiger partial charge in [-0.15, -0.1) is 0 Å². The Morgan fingerprint density at radius 3 is 2.68 bits per heavy atom. The third kappa shape index (κ3) is 6.54. The second kappa shape index (κ2) is 10.7. The smallest absolute Gasteiger partial charge is 0.240 e. The topological polar surface area (TPSA) is 100 Å². The Kier molecular flexibility index (Phi) is 8.28. The molecule has 0 aromatic heterocycles. The molecule has 0 aliphatic rings. The number of hydrogen-bond acceptors (Lipinski definition) is 5. The summed E-state index contributed by atoms with van der Waals surface area (Å²) in [7, 11) is 0. The maximum atomic E-state index is 11.9. The Morgan fingerprint density at radius 2 is 1.96 bits per heavy atom. The number of amides is 2. The van der Waals surface area contributed by atoms with Crippen LogP contribution in [0.4, 0.5) is 5.69 Å². The first-order valence-electron chi connectivity index (χ1n) is 8.42. The Balaban J connectivity index is 1.83. The van der Waals surface area contributed by atoms with Crippen LogP contribution in [-0.2, 0) is 9.59 Å². The normalized spacial score (nSPS) is 10.7. The van der Waals surface area contributed by atoms with Crippen LogP contribution in [0, 0.1) is 0 Å². The maximum absolute atomic E-state index is 11.9. The Morgan fingerprint density at radius 1 is 1.25 bits per heavy atom. The van der Waals surface area contributed by atoms with E-state index in [0.717, 1.165) is 0 Å². The number of para-hydroxylation sites is 1. The third-order valence-electron chi connectivity index (χ3n) is 3.48. The summed E-state index contributed by atoms with van der Waals surface area (Å²) in [6.45, 7) is 2.20. The SMILES string of the molecule is CCOc1cc(/C=N/NC(=O)CCC(=O)Nc2ccccc2Cl)cc(Br)c1O. The maximum Gasteiger partial charge on any atom is 0.240 e. The van der Waals surface area contributed by atoms with E-state index in [1.807, 2.05) is 0 Å². The van der Waals surface area contributed by atoms with Crippen molar-refractivity contribution < 1.29 is 19.4 Å². The summed E-state index contributed by atoms with van der Waals surface area (Å²) in [5.74, 6) is -0.432. The minimum absolute atomic E-state index is 0.00688. The van der Waals surface area contributed by atoms with Crippen LogP contribution in [0.3, 0.4) is 0 Å². The minimum atomic E-state index is -0.409. The van der Waals surface area contributed by atoms with Crippen LogP contribution in [0.25, 0.3) is 0 Å². The Bertz CT molecular complexity index is 889. The lowest BCUT2D eigenvalue weighted by molar-refractivity contribution is -0.124. The number of ether oxygens (including phenoxy) is 1. The van der Waals surface area contributed by atoms with Crippen molar-refractivity contribution >= 4 is 51.2 Å². The highest BCUT2D eigenvalue weighted by Crippen LogP contribution is 2.35. The number of nitrogens with one attached hydrogen (secondary N) is 2. The average molecular weight is 469 g/mol. The van der Waals surface area contributed by atoms with Crippen LogP contribution in [0.15, 0.2) is 46.0 Å². The molecule has 2 rings (SSSR count). The highest BCUT2D eigenvalue weighted by Gasteiger charge is 2.10. The predicted molar refractivity (Wildman–Crippen MR) is 112 cm³/mol. The fourth-order valence-electron chi connectivity index (χ4n) is 2.17. The molecule has 0 bridgehead atoms. The minimum Gasteiger partial charge on any atom is -0.503 e. The number of benzene rings is 2. The summed E-state index contributed by atoms with van der Waals surface area (Å²) in [5.41, 5.74) is 3.46. The first kappa shape index (κ1) is 21.7. The van der Waals surface area contributed by atoms with Crippen molar-refractivity contribution in [2.45, 2.75) is 19.8 Å². The van der Waals surface area contributed by atoms with Crippen molar-refractivity contribution in [2.75, 3.05) is 11.9 Å². The summed E-state index contributed by atoms with van der Waals surface area (Å²) in [6.07, 6.45) is 1.37. The van der Waals surface area contributed by atoms with Crippen LogP contribution >= 0.6 is 27.5 Å². The number of rotatable bonds is 8. The van der Waals surface area contributed by atoms with Gasteiger partial charge < -0.3 is 15.2 Å². The number of anilines is 1. The highest BCUT2D eigenvalue weighted by molar-refractivity contribution is 9.10. The van der Waals surface area contributed by atoms with E-state index < -0.39 is 5.91 Å². The lowest BCUT2D eigenvalue weighted by Gasteiger charge is -2.08. The summed E-state index contributed by atoms with van der Waals surface area (Å²) >= 11 is 9.20. The lowest BCUT2D eigenvalue weighted by Crippen LogP contribution is -2.20. The number of carbonyl (C=O) groups excluding carboxylic acids is 2. The molecule has 0 aliphatic heterocycles. The molecule has 0 unspecified atom stereocenters. The molecule has 0 fully saturated rings. The second-order valence-corrected chi connectivity index (χ2v) is 6.87. The Labute approximate surface area is 175 Å². The number of nitrogens with zero attached hydrogens (tertiary/aromatic N) is 1. The fourth-order valence-corrected chi connectivity index (χ4v) is 2.81. The fraction of sp³-hybridized carbons (Fsp3) is 0.211. The molecular weight excluding hydrogens is 450 g/mol. The van der Waals surface area contributed by atoms with E-state index in [1.54, 1.807) is 43.3 Å². The van der Waals surface area contributed by atoms with Gasteiger partial charge in [0.25, 0.3) is 0 Å². The number of halogens is 2. The molecular formula is C19H19BrClN3O4. The van der Waals surface area contributed by atoms with E-state index in [1.165, 1.54) is 6.21 Å². The molecule has 0 heterocycles. The Hall–Kier alpha value is -2.58. The van der Waals surface area contributed by atoms with Gasteiger partial charge in [0, 0.05) is 12.8 Å². The van der Waals surface area contributed by atoms with Crippen LogP contribution in [0.1, 0.15) is 25.3 Å². The summed E-state index contributed by atoms with van der Waals surface area (Å²) in [6, 6.07) is 10.1. The number of phenolic OH excluding ortho intramolecular Hbond substituents is 1. The molecule has 2 amide bonds. The zero-order valence-corrected chi connectivity index (χ0v) is 17.4. The van der Waals surface area contributed by atoms with Crippen molar-refractivity contribution in [1.82, 2.24) is 5.43 Å². The third-order valence-corrected chi connectivity index (χ3v) is 4.41. The second-order valence-electron chi connectivity index (χ2n) is 5.60. The van der Waals surface area contributed by atoms with Gasteiger partial charge in [-0.25, -0.2) is 5.43 Å². The molecule has 2 aromatic rings. The number of phenols is 1. The van der Waals surface area contributed by atoms with Gasteiger partial charge in [0.2, 0.25) is 11.8 Å². The number of hydrogen-bond donors (Lipinski definition) is 3. The zero-order chi connectivity index (χ0) is 20.5. The first-order chi connectivity index (χ1) is 13.4. The van der Waals surface area contributed by atoms with Crippen LogP contribution in [0.2, 0.25) is 5.02 Å². The van der Waals surface area contributed by atoms with Gasteiger partial charge in [0.15, 0.2) is 11.5 Å². The van der Waals surface area contributed by atoms with Crippen molar-refractivity contribution in [1.29, 1.82) is 0 Å². The van der Waals surface area contributed by atoms with E-state index in [4.69, 9.17) is 16.3 Å². The van der Waals surface area contributed by atoms with Gasteiger partial charge in [-0.1, -0.05) is 23.7 Å². The molecule has 0 radical (unpaired) electrons. The molecule has 0 saturated heterocycles. The molecule has 9 heteroatoms. The van der Waals surface area contributed by atoms with E-state index in [0.29, 0.717) is 33.1 Å². The molecule has 28 heavy (non-hydrogen) atoms. The van der Waals surface area contributed by atoms with E-state index in [2.05, 4.69) is 31.8 Å². The first-order valence-corrected chi connectivity index (χ1v) is 9.59. The van der Waals surface area contributed by atoms with Gasteiger partial charge in [-0.3, -0.25) is 9.59 Å². The summed E-state index contributed by atoms with van der Waals surface area (Å²) in [4.78, 5) is 23.7. The molecule has 0 spiro atoms. The molecule has 148 valence electrons. The van der Waals surface area contributed by atoms with Crippen LogP contribution in [0.5, 0.6) is 11.5 Å². The monoisotopic (exact) mass is 467 g/mol. The van der Waals surface area contributed by atoms with Crippen molar-refractivity contribution in [3.63, 3.8) is 0 Å². The van der Waals surface area contributed by atoms with Gasteiger partial charge in [0.05, 0.1) is 28.0 Å². The van der Waals surface area contributed by atoms with E-state index in [9.17, 15) is 14.7 Å². The lowest BCUT2D eigenvalue weighted by atomic mass is 10.2. The number of aromatic hydroxyl groups is 1. The zero-order valence-electron chi connectivity index (χ0n) is 15.0. The van der Waals surface area contributed by atoms with Gasteiger partial charge in [-0.2, -0.15) is 5.10 Å². The highest BCUT2D eigenvalue weighted by atomic mass is 79.9. The van der Waals surface area contributed by atoms with Crippen molar-refractivity contribution in [3.05, 3.63) is 51.5 Å².